The maximum Gasteiger partial charge on any atom is 0.0540 e. The summed E-state index contributed by atoms with van der Waals surface area (Å²) in [7, 11) is 0. The first kappa shape index (κ1) is 15.0. The average molecular weight is 184 g/mol. The van der Waals surface area contributed by atoms with Gasteiger partial charge < -0.3 is 5.11 Å². The lowest BCUT2D eigenvalue weighted by atomic mass is 9.86. The first-order valence-corrected chi connectivity index (χ1v) is 5.32. The fourth-order valence-corrected chi connectivity index (χ4v) is 1.62. The second kappa shape index (κ2) is 11.5. The van der Waals surface area contributed by atoms with Crippen molar-refractivity contribution in [3.8, 4) is 12.8 Å². The van der Waals surface area contributed by atoms with Gasteiger partial charge in [0.2, 0.25) is 0 Å². The van der Waals surface area contributed by atoms with Crippen LogP contribution in [0.5, 0.6) is 0 Å². The first-order valence-electron chi connectivity index (χ1n) is 5.32. The van der Waals surface area contributed by atoms with Gasteiger partial charge in [-0.15, -0.1) is 12.8 Å². The molecule has 78 valence electrons. The van der Waals surface area contributed by atoms with Crippen LogP contribution in [0.15, 0.2) is 0 Å². The predicted octanol–water partition coefficient (Wildman–Crippen LogP) is 3.22. The van der Waals surface area contributed by atoms with Crippen LogP contribution in [0.4, 0.5) is 0 Å². The third-order valence-corrected chi connectivity index (χ3v) is 2.33. The minimum absolute atomic E-state index is 0.0645. The minimum atomic E-state index is -0.0645. The molecule has 1 unspecified atom stereocenters. The summed E-state index contributed by atoms with van der Waals surface area (Å²) in [5.41, 5.74) is 0. The molecule has 0 radical (unpaired) electrons. The molecule has 1 N–H and O–H groups in total. The molecule has 1 aliphatic rings. The van der Waals surface area contributed by atoms with Crippen LogP contribution in [-0.4, -0.2) is 11.2 Å². The Morgan fingerprint density at radius 1 is 1.08 bits per heavy atom. The van der Waals surface area contributed by atoms with E-state index in [2.05, 4.69) is 12.8 Å². The maximum atomic E-state index is 9.18. The highest BCUT2D eigenvalue weighted by Gasteiger charge is 2.17. The number of aliphatic hydroxyl groups excluding tert-OH is 1. The van der Waals surface area contributed by atoms with E-state index in [1.807, 2.05) is 20.8 Å². The van der Waals surface area contributed by atoms with E-state index in [1.165, 1.54) is 32.1 Å². The van der Waals surface area contributed by atoms with Crippen molar-refractivity contribution in [2.45, 2.75) is 59.0 Å². The van der Waals surface area contributed by atoms with Gasteiger partial charge in [0.15, 0.2) is 0 Å². The number of rotatable bonds is 1. The van der Waals surface area contributed by atoms with E-state index in [0.29, 0.717) is 5.92 Å². The van der Waals surface area contributed by atoms with Crippen molar-refractivity contribution in [3.63, 3.8) is 0 Å². The SMILES string of the molecule is C#C.CC.CC(O)C1CCCCC1. The van der Waals surface area contributed by atoms with Crippen LogP contribution in [0.25, 0.3) is 0 Å². The zero-order valence-corrected chi connectivity index (χ0v) is 9.29. The number of aliphatic hydroxyl groups is 1. The molecule has 0 saturated heterocycles. The Labute approximate surface area is 83.6 Å². The van der Waals surface area contributed by atoms with E-state index < -0.39 is 0 Å². The van der Waals surface area contributed by atoms with E-state index in [-0.39, 0.29) is 6.10 Å². The zero-order valence-electron chi connectivity index (χ0n) is 9.29. The molecule has 1 saturated carbocycles. The van der Waals surface area contributed by atoms with Crippen molar-refractivity contribution in [3.05, 3.63) is 0 Å². The van der Waals surface area contributed by atoms with E-state index >= 15 is 0 Å². The molecule has 0 aromatic heterocycles. The summed E-state index contributed by atoms with van der Waals surface area (Å²) >= 11 is 0. The Morgan fingerprint density at radius 3 is 1.69 bits per heavy atom. The van der Waals surface area contributed by atoms with Crippen molar-refractivity contribution < 1.29 is 5.11 Å². The molecule has 0 aromatic rings. The summed E-state index contributed by atoms with van der Waals surface area (Å²) in [6.45, 7) is 5.91. The van der Waals surface area contributed by atoms with Crippen molar-refractivity contribution in [2.24, 2.45) is 5.92 Å². The van der Waals surface area contributed by atoms with Gasteiger partial charge in [-0.05, 0) is 25.7 Å². The van der Waals surface area contributed by atoms with Gasteiger partial charge in [-0.25, -0.2) is 0 Å². The molecule has 0 aromatic carbocycles. The van der Waals surface area contributed by atoms with Gasteiger partial charge in [-0.3, -0.25) is 0 Å². The van der Waals surface area contributed by atoms with Crippen LogP contribution in [0, 0.1) is 18.8 Å². The smallest absolute Gasteiger partial charge is 0.0540 e. The number of hydrogen-bond donors (Lipinski definition) is 1. The van der Waals surface area contributed by atoms with E-state index in [4.69, 9.17) is 0 Å². The van der Waals surface area contributed by atoms with Crippen LogP contribution in [0.1, 0.15) is 52.9 Å². The van der Waals surface area contributed by atoms with Crippen LogP contribution in [-0.2, 0) is 0 Å². The van der Waals surface area contributed by atoms with Crippen molar-refractivity contribution in [1.29, 1.82) is 0 Å². The first-order chi connectivity index (χ1) is 6.30. The maximum absolute atomic E-state index is 9.18. The summed E-state index contributed by atoms with van der Waals surface area (Å²) in [4.78, 5) is 0. The third-order valence-electron chi connectivity index (χ3n) is 2.33. The number of hydrogen-bond acceptors (Lipinski definition) is 1. The Kier molecular flexibility index (Phi) is 13.3. The fraction of sp³-hybridized carbons (Fsp3) is 0.833. The van der Waals surface area contributed by atoms with E-state index in [9.17, 15) is 5.11 Å². The lowest BCUT2D eigenvalue weighted by Crippen LogP contribution is -2.19. The largest absolute Gasteiger partial charge is 0.393 e. The molecule has 0 heterocycles. The van der Waals surface area contributed by atoms with Crippen LogP contribution >= 0.6 is 0 Å². The second-order valence-electron chi connectivity index (χ2n) is 3.14. The minimum Gasteiger partial charge on any atom is -0.393 e. The number of terminal acetylenes is 1. The van der Waals surface area contributed by atoms with Gasteiger partial charge >= 0.3 is 0 Å². The van der Waals surface area contributed by atoms with Gasteiger partial charge in [0.05, 0.1) is 6.10 Å². The Morgan fingerprint density at radius 2 is 1.46 bits per heavy atom. The fourth-order valence-electron chi connectivity index (χ4n) is 1.62. The highest BCUT2D eigenvalue weighted by Crippen LogP contribution is 2.25. The summed E-state index contributed by atoms with van der Waals surface area (Å²) in [5, 5.41) is 9.18. The molecule has 0 aliphatic heterocycles. The van der Waals surface area contributed by atoms with Gasteiger partial charge in [-0.1, -0.05) is 33.1 Å². The Bertz CT molecular complexity index is 98.9. The van der Waals surface area contributed by atoms with Crippen LogP contribution < -0.4 is 0 Å². The quantitative estimate of drug-likeness (QED) is 0.620. The van der Waals surface area contributed by atoms with Gasteiger partial charge in [-0.2, -0.15) is 0 Å². The highest BCUT2D eigenvalue weighted by atomic mass is 16.3. The molecule has 1 heteroatoms. The third kappa shape index (κ3) is 7.87. The zero-order chi connectivity index (χ0) is 10.7. The predicted molar refractivity (Wildman–Crippen MR) is 59.5 cm³/mol. The monoisotopic (exact) mass is 184 g/mol. The lowest BCUT2D eigenvalue weighted by Gasteiger charge is -2.23. The summed E-state index contributed by atoms with van der Waals surface area (Å²) in [6, 6.07) is 0. The molecular formula is C12H24O. The van der Waals surface area contributed by atoms with Crippen LogP contribution in [0.2, 0.25) is 0 Å². The molecule has 1 nitrogen and oxygen atoms in total. The van der Waals surface area contributed by atoms with E-state index in [0.717, 1.165) is 0 Å². The normalized spacial score (nSPS) is 18.6. The molecule has 1 fully saturated rings. The molecule has 0 amide bonds. The molecule has 0 spiro atoms. The topological polar surface area (TPSA) is 20.2 Å². The van der Waals surface area contributed by atoms with Crippen molar-refractivity contribution in [2.75, 3.05) is 0 Å². The van der Waals surface area contributed by atoms with E-state index in [1.54, 1.807) is 0 Å². The summed E-state index contributed by atoms with van der Waals surface area (Å²) in [5.74, 6) is 0.610. The molecule has 13 heavy (non-hydrogen) atoms. The molecule has 1 atom stereocenters. The Hall–Kier alpha value is -0.480. The summed E-state index contributed by atoms with van der Waals surface area (Å²) in [6.07, 6.45) is 14.5. The van der Waals surface area contributed by atoms with Crippen LogP contribution in [0.3, 0.4) is 0 Å². The molecule has 1 rings (SSSR count). The highest BCUT2D eigenvalue weighted by molar-refractivity contribution is 4.69. The summed E-state index contributed by atoms with van der Waals surface area (Å²) < 4.78 is 0. The molecule has 0 bridgehead atoms. The van der Waals surface area contributed by atoms with Gasteiger partial charge in [0, 0.05) is 0 Å². The van der Waals surface area contributed by atoms with Gasteiger partial charge in [0.25, 0.3) is 0 Å². The molecule has 1 aliphatic carbocycles. The van der Waals surface area contributed by atoms with Crippen molar-refractivity contribution in [1.82, 2.24) is 0 Å². The molecular weight excluding hydrogens is 160 g/mol. The Balaban J connectivity index is 0. The second-order valence-corrected chi connectivity index (χ2v) is 3.14. The van der Waals surface area contributed by atoms with Gasteiger partial charge in [0.1, 0.15) is 0 Å². The average Bonchev–Trinajstić information content (AvgIpc) is 2.25. The lowest BCUT2D eigenvalue weighted by molar-refractivity contribution is 0.101. The van der Waals surface area contributed by atoms with Crippen molar-refractivity contribution >= 4 is 0 Å². The standard InChI is InChI=1S/C8H16O.C2H6.C2H2/c1-7(9)8-5-3-2-4-6-8;2*1-2/h7-9H,2-6H2,1H3;1-2H3;1-2H.